The lowest BCUT2D eigenvalue weighted by Crippen LogP contribution is -2.60. The molecule has 5 heterocycles. The summed E-state index contributed by atoms with van der Waals surface area (Å²) >= 11 is 1.06. The van der Waals surface area contributed by atoms with Crippen molar-refractivity contribution in [2.75, 3.05) is 73.6 Å². The first-order valence-electron chi connectivity index (χ1n) is 34.4. The van der Waals surface area contributed by atoms with Crippen molar-refractivity contribution in [1.29, 1.82) is 0 Å². The second-order valence-corrected chi connectivity index (χ2v) is 27.7. The minimum atomic E-state index is -1.70. The third-order valence-electron chi connectivity index (χ3n) is 19.6. The number of imide groups is 1. The van der Waals surface area contributed by atoms with Gasteiger partial charge in [-0.3, -0.25) is 57.7 Å². The molecule has 0 spiro atoms. The molecule has 4 aliphatic heterocycles. The average Bonchev–Trinajstić information content (AvgIpc) is 1.07. The Morgan fingerprint density at radius 3 is 2.10 bits per heavy atom. The Morgan fingerprint density at radius 1 is 0.816 bits per heavy atom. The van der Waals surface area contributed by atoms with E-state index in [0.29, 0.717) is 24.8 Å². The van der Waals surface area contributed by atoms with Crippen LogP contribution in [0.25, 0.3) is 0 Å². The Hall–Kier alpha value is -7.37. The van der Waals surface area contributed by atoms with Crippen molar-refractivity contribution >= 4 is 70.2 Å². The minimum absolute atomic E-state index is 0.0380. The molecule has 0 aliphatic carbocycles. The van der Waals surface area contributed by atoms with Crippen LogP contribution in [0.5, 0.6) is 5.75 Å². The van der Waals surface area contributed by atoms with Gasteiger partial charge in [0.1, 0.15) is 46.9 Å². The van der Waals surface area contributed by atoms with E-state index in [0.717, 1.165) is 47.6 Å². The molecule has 0 saturated carbocycles. The fraction of sp³-hybridized carbons (Fsp3) is 0.620. The molecule has 7 amide bonds. The molecule has 1 aromatic heterocycles. The molecule has 0 bridgehead atoms. The number of amides is 7. The predicted molar refractivity (Wildman–Crippen MR) is 362 cm³/mol. The molecule has 7 unspecified atom stereocenters. The van der Waals surface area contributed by atoms with Crippen LogP contribution in [0.2, 0.25) is 0 Å². The van der Waals surface area contributed by atoms with Gasteiger partial charge in [-0.1, -0.05) is 89.4 Å². The summed E-state index contributed by atoms with van der Waals surface area (Å²) in [6.45, 7) is 10.4. The number of hydrogen-bond donors (Lipinski definition) is 6. The van der Waals surface area contributed by atoms with Gasteiger partial charge in [0.2, 0.25) is 29.9 Å². The summed E-state index contributed by atoms with van der Waals surface area (Å²) in [5, 5.41) is 46.0. The zero-order valence-corrected chi connectivity index (χ0v) is 58.6. The number of likely N-dealkylation sites (N-methyl/N-ethyl adjacent to an activating group) is 2. The molecule has 4 aliphatic rings. The van der Waals surface area contributed by atoms with Crippen LogP contribution in [0, 0.1) is 23.7 Å². The van der Waals surface area contributed by atoms with Crippen LogP contribution in [0.15, 0.2) is 72.1 Å². The van der Waals surface area contributed by atoms with E-state index >= 15 is 9.59 Å². The SMILES string of the molecule is CC[C@H](C)C(CC(=O)C1CCCCN1C)C(=O)N(C)[C@H](C[C@@H](OC(C)=O)c1nc(C(=O)N(C)[C@@H](Cc2ccc(OC3OC(CO)C(O)C(O)C3O)cc2)C(=O)C[C@H](CCCCN)C(=O)N[C@@H](Cc2ccccc2)C(=O)N2CCN(C(=O)CCCN3C(=O)C=CC3=O)CC2)cs1)C(C)C. The highest BCUT2D eigenvalue weighted by Gasteiger charge is 2.45. The molecule has 3 aromatic rings. The number of piperazine rings is 1. The standard InChI is InChI=1S/C71H101N9O17S/c1-9-44(4)50(39-57(84)53-21-14-16-30-75(53)6)68(92)76(7)54(43(2)3)40-58(95-45(5)82)67-74-52(42-98-67)69(93)77(8)55(37-47-23-25-49(26-24-47)96-71-65(90)64(89)63(88)59(41-81)97-71)56(83)38-48(20-13-15-29-72)66(91)73-51(36-46-18-11-10-12-19-46)70(94)79-34-32-78(33-35-79)60(85)22-17-31-80-61(86)27-28-62(80)87/h10-12,18-19,23-28,42-44,48,50-51,53-55,58-59,63-65,71,81,88-90H,9,13-17,20-22,29-41,72H2,1-8H3,(H,73,91)/t44-,48-,50?,51-,53?,54+,55-,58+,59?,63?,64?,65?,71?/m0/s1. The zero-order valence-electron chi connectivity index (χ0n) is 57.8. The number of thiazole rings is 1. The van der Waals surface area contributed by atoms with Gasteiger partial charge in [-0.15, -0.1) is 11.3 Å². The van der Waals surface area contributed by atoms with Crippen LogP contribution < -0.4 is 15.8 Å². The fourth-order valence-corrected chi connectivity index (χ4v) is 14.1. The van der Waals surface area contributed by atoms with Crippen LogP contribution in [0.1, 0.15) is 144 Å². The lowest BCUT2D eigenvalue weighted by Gasteiger charge is -2.39. The summed E-state index contributed by atoms with van der Waals surface area (Å²) in [5.41, 5.74) is 7.13. The molecule has 3 saturated heterocycles. The van der Waals surface area contributed by atoms with Gasteiger partial charge < -0.3 is 65.3 Å². The number of esters is 1. The number of ketones is 2. The second kappa shape index (κ2) is 37.2. The molecule has 7 rings (SSSR count). The van der Waals surface area contributed by atoms with Crippen molar-refractivity contribution in [1.82, 2.24) is 39.7 Å². The fourth-order valence-electron chi connectivity index (χ4n) is 13.3. The van der Waals surface area contributed by atoms with E-state index < -0.39 is 121 Å². The first kappa shape index (κ1) is 78.0. The monoisotopic (exact) mass is 1380 g/mol. The largest absolute Gasteiger partial charge is 0.462 e. The number of carbonyl (C=O) groups is 10. The molecule has 27 heteroatoms. The molecule has 3 fully saturated rings. The van der Waals surface area contributed by atoms with Crippen molar-refractivity contribution in [3.05, 3.63) is 94.0 Å². The van der Waals surface area contributed by atoms with E-state index in [4.69, 9.17) is 24.9 Å². The maximum Gasteiger partial charge on any atom is 0.303 e. The van der Waals surface area contributed by atoms with Gasteiger partial charge in [0.15, 0.2) is 17.7 Å². The van der Waals surface area contributed by atoms with Gasteiger partial charge in [-0.05, 0) is 93.8 Å². The number of nitrogens with two attached hydrogens (primary N) is 1. The summed E-state index contributed by atoms with van der Waals surface area (Å²) in [5.74, 6) is -5.84. The number of benzene rings is 2. The van der Waals surface area contributed by atoms with Crippen molar-refractivity contribution in [3.8, 4) is 5.75 Å². The zero-order chi connectivity index (χ0) is 71.5. The molecular formula is C71H101N9O17S. The Balaban J connectivity index is 1.13. The molecular weight excluding hydrogens is 1280 g/mol. The van der Waals surface area contributed by atoms with Crippen molar-refractivity contribution in [2.45, 2.75) is 185 Å². The van der Waals surface area contributed by atoms with Gasteiger partial charge in [0.05, 0.1) is 18.7 Å². The predicted octanol–water partition coefficient (Wildman–Crippen LogP) is 3.40. The summed E-state index contributed by atoms with van der Waals surface area (Å²) in [6.07, 6.45) is -1.85. The number of nitrogens with zero attached hydrogens (tertiary/aromatic N) is 7. The third-order valence-corrected chi connectivity index (χ3v) is 20.5. The van der Waals surface area contributed by atoms with Crippen LogP contribution in [-0.2, 0) is 65.5 Å². The number of aliphatic hydroxyl groups is 4. The smallest absolute Gasteiger partial charge is 0.303 e. The molecule has 26 nitrogen and oxygen atoms in total. The average molecular weight is 1380 g/mol. The summed E-state index contributed by atoms with van der Waals surface area (Å²) in [7, 11) is 5.09. The lowest BCUT2D eigenvalue weighted by molar-refractivity contribution is -0.277. The van der Waals surface area contributed by atoms with Crippen molar-refractivity contribution in [3.63, 3.8) is 0 Å². The van der Waals surface area contributed by atoms with Crippen molar-refractivity contribution in [2.24, 2.45) is 29.4 Å². The number of Topliss-reactive ketones (excluding diaryl/α,β-unsaturated/α-hetero) is 2. The Labute approximate surface area is 578 Å². The van der Waals surface area contributed by atoms with Crippen LogP contribution >= 0.6 is 11.3 Å². The second-order valence-electron chi connectivity index (χ2n) is 26.8. The molecule has 2 aromatic carbocycles. The Morgan fingerprint density at radius 2 is 1.48 bits per heavy atom. The number of aromatic nitrogens is 1. The van der Waals surface area contributed by atoms with E-state index in [1.165, 1.54) is 48.5 Å². The van der Waals surface area contributed by atoms with Crippen LogP contribution in [-0.4, -0.2) is 242 Å². The van der Waals surface area contributed by atoms with E-state index in [2.05, 4.69) is 10.2 Å². The first-order valence-corrected chi connectivity index (χ1v) is 35.3. The molecule has 0 radical (unpaired) electrons. The number of aliphatic hydroxyl groups excluding tert-OH is 4. The maximum absolute atomic E-state index is 15.4. The molecule has 98 heavy (non-hydrogen) atoms. The molecule has 13 atom stereocenters. The summed E-state index contributed by atoms with van der Waals surface area (Å²) in [6, 6.07) is 12.2. The maximum atomic E-state index is 15.4. The van der Waals surface area contributed by atoms with Gasteiger partial charge in [0, 0.05) is 121 Å². The highest BCUT2D eigenvalue weighted by Crippen LogP contribution is 2.34. The highest BCUT2D eigenvalue weighted by molar-refractivity contribution is 7.09. The van der Waals surface area contributed by atoms with E-state index in [1.54, 1.807) is 33.9 Å². The van der Waals surface area contributed by atoms with Crippen LogP contribution in [0.4, 0.5) is 0 Å². The first-order chi connectivity index (χ1) is 46.7. The van der Waals surface area contributed by atoms with E-state index in [-0.39, 0.29) is 136 Å². The minimum Gasteiger partial charge on any atom is -0.462 e. The molecule has 7 N–H and O–H groups in total. The van der Waals surface area contributed by atoms with Crippen LogP contribution in [0.3, 0.4) is 0 Å². The molecule has 538 valence electrons. The number of ether oxygens (including phenoxy) is 3. The van der Waals surface area contributed by atoms with Crippen molar-refractivity contribution < 1.29 is 82.6 Å². The third kappa shape index (κ3) is 20.9. The number of piperidine rings is 1. The van der Waals surface area contributed by atoms with E-state index in [9.17, 15) is 58.8 Å². The Bertz CT molecular complexity index is 3220. The van der Waals surface area contributed by atoms with E-state index in [1.807, 2.05) is 65.1 Å². The van der Waals surface area contributed by atoms with Gasteiger partial charge in [-0.25, -0.2) is 4.98 Å². The Kier molecular flexibility index (Phi) is 29.6. The number of unbranched alkanes of at least 4 members (excludes halogenated alkanes) is 1. The lowest BCUT2D eigenvalue weighted by atomic mass is 9.83. The highest BCUT2D eigenvalue weighted by atomic mass is 32.1. The normalized spacial score (nSPS) is 22.0. The number of hydrogen-bond acceptors (Lipinski definition) is 21. The quantitative estimate of drug-likeness (QED) is 0.0279. The number of likely N-dealkylation sites (tertiary alicyclic amines) is 1. The summed E-state index contributed by atoms with van der Waals surface area (Å²) in [4.78, 5) is 153. The van der Waals surface area contributed by atoms with Gasteiger partial charge in [0.25, 0.3) is 17.7 Å². The number of carbonyl (C=O) groups excluding carboxylic acids is 10. The number of nitrogens with one attached hydrogen (secondary N) is 1. The summed E-state index contributed by atoms with van der Waals surface area (Å²) < 4.78 is 17.4. The topological polar surface area (TPSA) is 350 Å². The number of rotatable bonds is 35. The van der Waals surface area contributed by atoms with Gasteiger partial charge >= 0.3 is 5.97 Å². The van der Waals surface area contributed by atoms with Gasteiger partial charge in [-0.2, -0.15) is 0 Å².